The van der Waals surface area contributed by atoms with Crippen molar-refractivity contribution in [2.45, 2.75) is 25.6 Å². The quantitative estimate of drug-likeness (QED) is 0.673. The number of ether oxygens (including phenoxy) is 1. The van der Waals surface area contributed by atoms with Crippen molar-refractivity contribution in [3.05, 3.63) is 35.1 Å². The molecule has 1 aliphatic heterocycles. The lowest BCUT2D eigenvalue weighted by Crippen LogP contribution is -2.23. The van der Waals surface area contributed by atoms with Crippen LogP contribution in [-0.2, 0) is 6.54 Å². The zero-order valence-corrected chi connectivity index (χ0v) is 15.4. The summed E-state index contributed by atoms with van der Waals surface area (Å²) in [6, 6.07) is 0.935. The van der Waals surface area contributed by atoms with Gasteiger partial charge in [-0.2, -0.15) is 18.2 Å². The van der Waals surface area contributed by atoms with Crippen LogP contribution in [0.15, 0.2) is 29.6 Å². The lowest BCUT2D eigenvalue weighted by Gasteiger charge is -2.14. The van der Waals surface area contributed by atoms with E-state index in [1.165, 1.54) is 25.1 Å². The van der Waals surface area contributed by atoms with Gasteiger partial charge in [0.05, 0.1) is 11.7 Å². The molecule has 0 atom stereocenters. The predicted octanol–water partition coefficient (Wildman–Crippen LogP) is 2.22. The largest absolute Gasteiger partial charge is 0.455 e. The number of aromatic amines is 1. The molecule has 0 spiro atoms. The Morgan fingerprint density at radius 3 is 2.72 bits per heavy atom. The van der Waals surface area contributed by atoms with Gasteiger partial charge in [-0.25, -0.2) is 4.98 Å². The molecule has 154 valence electrons. The number of H-pyrrole nitrogens is 1. The van der Waals surface area contributed by atoms with Gasteiger partial charge < -0.3 is 14.2 Å². The summed E-state index contributed by atoms with van der Waals surface area (Å²) in [6.07, 6.45) is 2.78. The van der Waals surface area contributed by atoms with Crippen LogP contribution in [-0.4, -0.2) is 61.8 Å². The Morgan fingerprint density at radius 1 is 1.17 bits per heavy atom. The second kappa shape index (κ2) is 7.82. The van der Waals surface area contributed by atoms with Gasteiger partial charge in [0.15, 0.2) is 6.61 Å². The first-order valence-corrected chi connectivity index (χ1v) is 9.22. The Labute approximate surface area is 163 Å². The number of pyridine rings is 1. The summed E-state index contributed by atoms with van der Waals surface area (Å²) in [5.74, 6) is 0. The topological polar surface area (TPSA) is 88.9 Å². The first-order chi connectivity index (χ1) is 13.9. The highest BCUT2D eigenvalue weighted by Gasteiger charge is 2.29. The SMILES string of the molecule is O=c1[nH]c(OCC(F)(F)F)nc2c(-c3cn(CCN4CCCC4)cn3)nccc12. The second-order valence-corrected chi connectivity index (χ2v) is 6.88. The van der Waals surface area contributed by atoms with Crippen molar-refractivity contribution in [3.8, 4) is 17.4 Å². The maximum atomic E-state index is 12.4. The molecular weight excluding hydrogens is 389 g/mol. The summed E-state index contributed by atoms with van der Waals surface area (Å²) in [7, 11) is 0. The minimum Gasteiger partial charge on any atom is -0.455 e. The van der Waals surface area contributed by atoms with Crippen LogP contribution in [0.4, 0.5) is 13.2 Å². The fourth-order valence-electron chi connectivity index (χ4n) is 3.32. The fourth-order valence-corrected chi connectivity index (χ4v) is 3.32. The van der Waals surface area contributed by atoms with Gasteiger partial charge in [-0.15, -0.1) is 0 Å². The molecule has 1 N–H and O–H groups in total. The Hall–Kier alpha value is -2.95. The maximum Gasteiger partial charge on any atom is 0.422 e. The average molecular weight is 408 g/mol. The predicted molar refractivity (Wildman–Crippen MR) is 98.6 cm³/mol. The summed E-state index contributed by atoms with van der Waals surface area (Å²) in [6.45, 7) is 2.31. The molecule has 1 fully saturated rings. The van der Waals surface area contributed by atoms with Gasteiger partial charge in [-0.1, -0.05) is 0 Å². The maximum absolute atomic E-state index is 12.4. The third-order valence-electron chi connectivity index (χ3n) is 4.72. The number of hydrogen-bond acceptors (Lipinski definition) is 6. The first kappa shape index (κ1) is 19.4. The standard InChI is InChI=1S/C18H19F3N6O2/c19-18(20,21)10-29-17-24-14-12(16(28)25-17)3-4-22-15(14)13-9-27(11-23-13)8-7-26-5-1-2-6-26/h3-4,9,11H,1-2,5-8,10H2,(H,24,25,28). The van der Waals surface area contributed by atoms with Crippen molar-refractivity contribution in [2.75, 3.05) is 26.2 Å². The van der Waals surface area contributed by atoms with Gasteiger partial charge in [0.25, 0.3) is 11.6 Å². The monoisotopic (exact) mass is 408 g/mol. The smallest absolute Gasteiger partial charge is 0.422 e. The van der Waals surface area contributed by atoms with E-state index in [4.69, 9.17) is 0 Å². The van der Waals surface area contributed by atoms with Crippen LogP contribution in [0, 0.1) is 0 Å². The van der Waals surface area contributed by atoms with Crippen LogP contribution < -0.4 is 10.3 Å². The Bertz CT molecular complexity index is 1060. The van der Waals surface area contributed by atoms with Crippen molar-refractivity contribution >= 4 is 10.9 Å². The number of nitrogens with one attached hydrogen (secondary N) is 1. The van der Waals surface area contributed by atoms with Crippen LogP contribution in [0.1, 0.15) is 12.8 Å². The highest BCUT2D eigenvalue weighted by Crippen LogP contribution is 2.23. The molecule has 11 heteroatoms. The van der Waals surface area contributed by atoms with Crippen molar-refractivity contribution in [1.29, 1.82) is 0 Å². The molecule has 3 aromatic heterocycles. The molecule has 0 unspecified atom stereocenters. The molecule has 0 saturated carbocycles. The first-order valence-electron chi connectivity index (χ1n) is 9.22. The molecule has 8 nitrogen and oxygen atoms in total. The lowest BCUT2D eigenvalue weighted by atomic mass is 10.2. The van der Waals surface area contributed by atoms with Crippen LogP contribution in [0.5, 0.6) is 6.01 Å². The highest BCUT2D eigenvalue weighted by molar-refractivity contribution is 5.89. The molecule has 1 saturated heterocycles. The van der Waals surface area contributed by atoms with Gasteiger partial charge in [0.1, 0.15) is 16.9 Å². The van der Waals surface area contributed by atoms with E-state index >= 15 is 0 Å². The lowest BCUT2D eigenvalue weighted by molar-refractivity contribution is -0.154. The number of imidazole rings is 1. The van der Waals surface area contributed by atoms with Gasteiger partial charge in [0, 0.05) is 25.5 Å². The summed E-state index contributed by atoms with van der Waals surface area (Å²) in [5, 5.41) is 0.195. The molecule has 1 aliphatic rings. The average Bonchev–Trinajstić information content (AvgIpc) is 3.36. The van der Waals surface area contributed by atoms with E-state index in [9.17, 15) is 18.0 Å². The number of alkyl halides is 3. The summed E-state index contributed by atoms with van der Waals surface area (Å²) < 4.78 is 43.8. The summed E-state index contributed by atoms with van der Waals surface area (Å²) in [5.41, 5.74) is 0.324. The van der Waals surface area contributed by atoms with Gasteiger partial charge in [0.2, 0.25) is 0 Å². The molecule has 4 heterocycles. The van der Waals surface area contributed by atoms with Crippen LogP contribution in [0.3, 0.4) is 0 Å². The van der Waals surface area contributed by atoms with E-state index in [2.05, 4.69) is 29.6 Å². The van der Waals surface area contributed by atoms with Crippen LogP contribution >= 0.6 is 0 Å². The van der Waals surface area contributed by atoms with Gasteiger partial charge >= 0.3 is 6.18 Å². The van der Waals surface area contributed by atoms with Crippen molar-refractivity contribution < 1.29 is 17.9 Å². The van der Waals surface area contributed by atoms with Gasteiger partial charge in [-0.05, 0) is 32.0 Å². The molecule has 0 aromatic carbocycles. The zero-order valence-electron chi connectivity index (χ0n) is 15.4. The number of rotatable bonds is 6. The third-order valence-corrected chi connectivity index (χ3v) is 4.72. The Morgan fingerprint density at radius 2 is 1.97 bits per heavy atom. The molecule has 4 rings (SSSR count). The van der Waals surface area contributed by atoms with E-state index < -0.39 is 24.4 Å². The third kappa shape index (κ3) is 4.56. The fraction of sp³-hybridized carbons (Fsp3) is 0.444. The number of aromatic nitrogens is 5. The summed E-state index contributed by atoms with van der Waals surface area (Å²) >= 11 is 0. The minimum atomic E-state index is -4.54. The molecule has 0 aliphatic carbocycles. The minimum absolute atomic E-state index is 0.137. The van der Waals surface area contributed by atoms with Gasteiger partial charge in [-0.3, -0.25) is 14.8 Å². The number of halogens is 3. The molecule has 0 amide bonds. The number of hydrogen-bond donors (Lipinski definition) is 1. The Kier molecular flexibility index (Phi) is 5.22. The van der Waals surface area contributed by atoms with Crippen molar-refractivity contribution in [1.82, 2.24) is 29.4 Å². The molecule has 29 heavy (non-hydrogen) atoms. The van der Waals surface area contributed by atoms with E-state index in [1.807, 2.05) is 4.57 Å². The second-order valence-electron chi connectivity index (χ2n) is 6.88. The highest BCUT2D eigenvalue weighted by atomic mass is 19.4. The van der Waals surface area contributed by atoms with Crippen molar-refractivity contribution in [2.24, 2.45) is 0 Å². The van der Waals surface area contributed by atoms with E-state index in [0.29, 0.717) is 11.4 Å². The molecular formula is C18H19F3N6O2. The normalized spacial score (nSPS) is 15.3. The van der Waals surface area contributed by atoms with E-state index in [1.54, 1.807) is 12.5 Å². The zero-order chi connectivity index (χ0) is 20.4. The number of nitrogens with zero attached hydrogens (tertiary/aromatic N) is 5. The van der Waals surface area contributed by atoms with E-state index in [0.717, 1.165) is 26.2 Å². The molecule has 3 aromatic rings. The van der Waals surface area contributed by atoms with Crippen LogP contribution in [0.25, 0.3) is 22.3 Å². The molecule has 0 bridgehead atoms. The Balaban J connectivity index is 1.61. The van der Waals surface area contributed by atoms with E-state index in [-0.39, 0.29) is 10.9 Å². The number of likely N-dealkylation sites (tertiary alicyclic amines) is 1. The van der Waals surface area contributed by atoms with Crippen LogP contribution in [0.2, 0.25) is 0 Å². The van der Waals surface area contributed by atoms with Crippen molar-refractivity contribution in [3.63, 3.8) is 0 Å². The summed E-state index contributed by atoms with van der Waals surface area (Å²) in [4.78, 5) is 29.4. The number of fused-ring (bicyclic) bond motifs is 1. The molecule has 0 radical (unpaired) electrons.